The minimum Gasteiger partial charge on any atom is -0.359 e. The molecule has 0 saturated carbocycles. The molecule has 1 fully saturated rings. The first-order valence-corrected chi connectivity index (χ1v) is 8.29. The van der Waals surface area contributed by atoms with Crippen molar-refractivity contribution in [2.45, 2.75) is 36.7 Å². The number of likely N-dealkylation sites (N-methyl/N-ethyl adjacent to an activating group) is 1. The molecule has 1 amide bonds. The summed E-state index contributed by atoms with van der Waals surface area (Å²) in [5, 5.41) is 2.78. The Morgan fingerprint density at radius 1 is 1.50 bits per heavy atom. The standard InChI is InChI=1S/C15H23N3OS/c1-17-15(19)13-6-3-4-9-18(13)12-7-5-8-14(20-2)11(12)10-16/h5,7-8,13H,3-4,6,9-10,16H2,1-2H3,(H,17,19). The second-order valence-corrected chi connectivity index (χ2v) is 5.83. The van der Waals surface area contributed by atoms with E-state index in [9.17, 15) is 4.79 Å². The van der Waals surface area contributed by atoms with Crippen LogP contribution >= 0.6 is 11.8 Å². The van der Waals surface area contributed by atoms with Gasteiger partial charge in [0, 0.05) is 36.3 Å². The molecule has 3 N–H and O–H groups in total. The van der Waals surface area contributed by atoms with Crippen LogP contribution in [0.3, 0.4) is 0 Å². The number of thioether (sulfide) groups is 1. The van der Waals surface area contributed by atoms with Crippen LogP contribution in [0.4, 0.5) is 5.69 Å². The number of nitrogens with zero attached hydrogens (tertiary/aromatic N) is 1. The summed E-state index contributed by atoms with van der Waals surface area (Å²) in [5.41, 5.74) is 8.21. The van der Waals surface area contributed by atoms with Gasteiger partial charge >= 0.3 is 0 Å². The van der Waals surface area contributed by atoms with Crippen molar-refractivity contribution < 1.29 is 4.79 Å². The Bertz CT molecular complexity index is 478. The van der Waals surface area contributed by atoms with E-state index >= 15 is 0 Å². The van der Waals surface area contributed by atoms with Crippen molar-refractivity contribution in [3.8, 4) is 0 Å². The van der Waals surface area contributed by atoms with Gasteiger partial charge in [0.15, 0.2) is 0 Å². The predicted octanol–water partition coefficient (Wildman–Crippen LogP) is 1.97. The normalized spacial score (nSPS) is 18.9. The SMILES string of the molecule is CNC(=O)C1CCCCN1c1cccc(SC)c1CN. The topological polar surface area (TPSA) is 58.4 Å². The molecule has 1 aromatic carbocycles. The highest BCUT2D eigenvalue weighted by Gasteiger charge is 2.29. The third kappa shape index (κ3) is 2.94. The number of carbonyl (C=O) groups excluding carboxylic acids is 1. The molecule has 1 aliphatic rings. The van der Waals surface area contributed by atoms with E-state index < -0.39 is 0 Å². The summed E-state index contributed by atoms with van der Waals surface area (Å²) in [6.45, 7) is 1.42. The maximum atomic E-state index is 12.1. The Hall–Kier alpha value is -1.20. The van der Waals surface area contributed by atoms with E-state index in [1.807, 2.05) is 0 Å². The molecule has 1 unspecified atom stereocenters. The van der Waals surface area contributed by atoms with Crippen LogP contribution in [0, 0.1) is 0 Å². The average molecular weight is 293 g/mol. The lowest BCUT2D eigenvalue weighted by Gasteiger charge is -2.37. The zero-order chi connectivity index (χ0) is 14.5. The second-order valence-electron chi connectivity index (χ2n) is 4.98. The maximum absolute atomic E-state index is 12.1. The number of benzene rings is 1. The van der Waals surface area contributed by atoms with Crippen LogP contribution < -0.4 is 16.0 Å². The van der Waals surface area contributed by atoms with Crippen molar-refractivity contribution in [3.05, 3.63) is 23.8 Å². The van der Waals surface area contributed by atoms with Crippen LogP contribution in [0.5, 0.6) is 0 Å². The molecule has 4 nitrogen and oxygen atoms in total. The molecule has 20 heavy (non-hydrogen) atoms. The van der Waals surface area contributed by atoms with Crippen molar-refractivity contribution in [1.29, 1.82) is 0 Å². The number of nitrogens with one attached hydrogen (secondary N) is 1. The van der Waals surface area contributed by atoms with Crippen LogP contribution in [-0.2, 0) is 11.3 Å². The fourth-order valence-corrected chi connectivity index (χ4v) is 3.53. The lowest BCUT2D eigenvalue weighted by atomic mass is 9.99. The third-order valence-corrected chi connectivity index (χ3v) is 4.72. The minimum absolute atomic E-state index is 0.0730. The van der Waals surface area contributed by atoms with E-state index in [4.69, 9.17) is 5.73 Å². The molecule has 0 aliphatic carbocycles. The van der Waals surface area contributed by atoms with Crippen LogP contribution in [0.1, 0.15) is 24.8 Å². The Balaban J connectivity index is 2.39. The summed E-state index contributed by atoms with van der Waals surface area (Å²) in [6, 6.07) is 6.16. The zero-order valence-electron chi connectivity index (χ0n) is 12.2. The van der Waals surface area contributed by atoms with Gasteiger partial charge in [-0.2, -0.15) is 0 Å². The number of anilines is 1. The summed E-state index contributed by atoms with van der Waals surface area (Å²) >= 11 is 1.71. The summed E-state index contributed by atoms with van der Waals surface area (Å²) in [4.78, 5) is 15.5. The fourth-order valence-electron chi connectivity index (χ4n) is 2.88. The molecule has 2 rings (SSSR count). The number of carbonyl (C=O) groups is 1. The highest BCUT2D eigenvalue weighted by Crippen LogP contribution is 2.33. The van der Waals surface area contributed by atoms with Gasteiger partial charge in [-0.15, -0.1) is 11.8 Å². The lowest BCUT2D eigenvalue weighted by molar-refractivity contribution is -0.122. The molecule has 0 bridgehead atoms. The average Bonchev–Trinajstić information content (AvgIpc) is 2.53. The first kappa shape index (κ1) is 15.2. The molecule has 0 radical (unpaired) electrons. The quantitative estimate of drug-likeness (QED) is 0.833. The van der Waals surface area contributed by atoms with E-state index in [0.717, 1.165) is 37.1 Å². The predicted molar refractivity (Wildman–Crippen MR) is 85.2 cm³/mol. The van der Waals surface area contributed by atoms with E-state index in [0.29, 0.717) is 6.54 Å². The Morgan fingerprint density at radius 2 is 2.30 bits per heavy atom. The highest BCUT2D eigenvalue weighted by atomic mass is 32.2. The molecule has 0 spiro atoms. The largest absolute Gasteiger partial charge is 0.359 e. The number of rotatable bonds is 4. The fraction of sp³-hybridized carbons (Fsp3) is 0.533. The lowest BCUT2D eigenvalue weighted by Crippen LogP contribution is -2.49. The van der Waals surface area contributed by atoms with Gasteiger partial charge in [0.25, 0.3) is 0 Å². The molecule has 110 valence electrons. The molecule has 0 aromatic heterocycles. The number of amides is 1. The molecule has 1 atom stereocenters. The van der Waals surface area contributed by atoms with Crippen molar-refractivity contribution in [2.24, 2.45) is 5.73 Å². The van der Waals surface area contributed by atoms with Crippen LogP contribution in [0.25, 0.3) is 0 Å². The molecule has 1 aliphatic heterocycles. The minimum atomic E-state index is -0.0730. The van der Waals surface area contributed by atoms with E-state index in [2.05, 4.69) is 34.7 Å². The van der Waals surface area contributed by atoms with Crippen LogP contribution in [0.2, 0.25) is 0 Å². The van der Waals surface area contributed by atoms with Crippen molar-refractivity contribution in [3.63, 3.8) is 0 Å². The summed E-state index contributed by atoms with van der Waals surface area (Å²) < 4.78 is 0. The Kier molecular flexibility index (Phi) is 5.31. The smallest absolute Gasteiger partial charge is 0.242 e. The summed E-state index contributed by atoms with van der Waals surface area (Å²) in [5.74, 6) is 0.0993. The van der Waals surface area contributed by atoms with E-state index in [1.54, 1.807) is 18.8 Å². The van der Waals surface area contributed by atoms with Crippen molar-refractivity contribution in [2.75, 3.05) is 24.7 Å². The van der Waals surface area contributed by atoms with Crippen molar-refractivity contribution in [1.82, 2.24) is 5.32 Å². The van der Waals surface area contributed by atoms with Gasteiger partial charge in [0.2, 0.25) is 5.91 Å². The van der Waals surface area contributed by atoms with E-state index in [-0.39, 0.29) is 11.9 Å². The molecule has 1 aromatic rings. The van der Waals surface area contributed by atoms with Gasteiger partial charge in [-0.25, -0.2) is 0 Å². The van der Waals surface area contributed by atoms with Gasteiger partial charge in [-0.3, -0.25) is 4.79 Å². The number of piperidine rings is 1. The third-order valence-electron chi connectivity index (χ3n) is 3.89. The van der Waals surface area contributed by atoms with Gasteiger partial charge in [0.05, 0.1) is 0 Å². The summed E-state index contributed by atoms with van der Waals surface area (Å²) in [6.07, 6.45) is 5.20. The van der Waals surface area contributed by atoms with E-state index in [1.165, 1.54) is 4.90 Å². The molecular formula is C15H23N3OS. The molecule has 1 saturated heterocycles. The van der Waals surface area contributed by atoms with Crippen molar-refractivity contribution >= 4 is 23.4 Å². The van der Waals surface area contributed by atoms with Crippen LogP contribution in [-0.4, -0.2) is 31.8 Å². The second kappa shape index (κ2) is 6.99. The van der Waals surface area contributed by atoms with Gasteiger partial charge in [0.1, 0.15) is 6.04 Å². The number of nitrogens with two attached hydrogens (primary N) is 1. The Morgan fingerprint density at radius 3 is 2.95 bits per heavy atom. The maximum Gasteiger partial charge on any atom is 0.242 e. The number of hydrogen-bond acceptors (Lipinski definition) is 4. The summed E-state index contributed by atoms with van der Waals surface area (Å²) in [7, 11) is 1.71. The first-order valence-electron chi connectivity index (χ1n) is 7.07. The van der Waals surface area contributed by atoms with Gasteiger partial charge in [-0.1, -0.05) is 6.07 Å². The Labute approximate surface area is 125 Å². The highest BCUT2D eigenvalue weighted by molar-refractivity contribution is 7.98. The first-order chi connectivity index (χ1) is 9.72. The zero-order valence-corrected chi connectivity index (χ0v) is 13.0. The molecular weight excluding hydrogens is 270 g/mol. The van der Waals surface area contributed by atoms with Crippen LogP contribution in [0.15, 0.2) is 23.1 Å². The van der Waals surface area contributed by atoms with Gasteiger partial charge in [-0.05, 0) is 37.7 Å². The van der Waals surface area contributed by atoms with Gasteiger partial charge < -0.3 is 16.0 Å². The number of hydrogen-bond donors (Lipinski definition) is 2. The monoisotopic (exact) mass is 293 g/mol. The molecule has 1 heterocycles. The molecule has 5 heteroatoms.